The molecular weight excluding hydrogens is 468 g/mol. The van der Waals surface area contributed by atoms with Crippen LogP contribution >= 0.6 is 23.1 Å². The summed E-state index contributed by atoms with van der Waals surface area (Å²) in [5.41, 5.74) is 4.11. The minimum absolute atomic E-state index is 0.0382. The number of amides is 2. The molecule has 2 aromatic heterocycles. The Labute approximate surface area is 207 Å². The molecule has 5 rings (SSSR count). The average molecular weight is 497 g/mol. The van der Waals surface area contributed by atoms with Crippen molar-refractivity contribution in [1.29, 1.82) is 0 Å². The molecule has 1 aromatic carbocycles. The number of anilines is 1. The molecular formula is C24H28N6O2S2. The van der Waals surface area contributed by atoms with Gasteiger partial charge >= 0.3 is 0 Å². The molecule has 178 valence electrons. The summed E-state index contributed by atoms with van der Waals surface area (Å²) >= 11 is 3.02. The van der Waals surface area contributed by atoms with Gasteiger partial charge in [0.2, 0.25) is 0 Å². The first kappa shape index (κ1) is 22.9. The highest BCUT2D eigenvalue weighted by molar-refractivity contribution is 8.00. The maximum Gasteiger partial charge on any atom is 0.274 e. The second kappa shape index (κ2) is 9.79. The SMILES string of the molecule is CCn1nc(C(=O)N2CCN(c3ccccc3)CC2)c2c1CCN(C(=O)c1csc(SC)n1)C2. The van der Waals surface area contributed by atoms with Crippen LogP contribution in [0.4, 0.5) is 5.69 Å². The summed E-state index contributed by atoms with van der Waals surface area (Å²) in [6.07, 6.45) is 2.65. The van der Waals surface area contributed by atoms with E-state index in [1.54, 1.807) is 4.90 Å². The molecule has 1 fully saturated rings. The molecule has 10 heteroatoms. The maximum atomic E-state index is 13.5. The molecule has 0 bridgehead atoms. The van der Waals surface area contributed by atoms with Crippen LogP contribution in [0.3, 0.4) is 0 Å². The highest BCUT2D eigenvalue weighted by atomic mass is 32.2. The topological polar surface area (TPSA) is 74.6 Å². The lowest BCUT2D eigenvalue weighted by Crippen LogP contribution is -2.49. The Hall–Kier alpha value is -2.85. The highest BCUT2D eigenvalue weighted by Crippen LogP contribution is 2.27. The van der Waals surface area contributed by atoms with Gasteiger partial charge in [-0.2, -0.15) is 5.10 Å². The highest BCUT2D eigenvalue weighted by Gasteiger charge is 2.33. The minimum atomic E-state index is -0.0821. The smallest absolute Gasteiger partial charge is 0.274 e. The summed E-state index contributed by atoms with van der Waals surface area (Å²) in [6.45, 7) is 6.63. The average Bonchev–Trinajstić information content (AvgIpc) is 3.53. The Morgan fingerprint density at radius 1 is 1.03 bits per heavy atom. The van der Waals surface area contributed by atoms with Gasteiger partial charge in [-0.15, -0.1) is 11.3 Å². The number of thiazole rings is 1. The first-order valence-corrected chi connectivity index (χ1v) is 13.7. The standard InChI is InChI=1S/C24H28N6O2S2/c1-3-30-20-9-10-29(22(31)19-16-34-24(25-19)33-2)15-18(20)21(26-30)23(32)28-13-11-27(12-14-28)17-7-5-4-6-8-17/h4-8,16H,3,9-15H2,1-2H3. The van der Waals surface area contributed by atoms with E-state index in [0.717, 1.165) is 28.7 Å². The van der Waals surface area contributed by atoms with E-state index in [0.29, 0.717) is 50.5 Å². The van der Waals surface area contributed by atoms with Crippen molar-refractivity contribution in [3.05, 3.63) is 58.4 Å². The molecule has 4 heterocycles. The molecule has 2 aliphatic rings. The van der Waals surface area contributed by atoms with Crippen LogP contribution in [0, 0.1) is 0 Å². The number of fused-ring (bicyclic) bond motifs is 1. The molecule has 0 atom stereocenters. The second-order valence-corrected chi connectivity index (χ2v) is 10.3. The van der Waals surface area contributed by atoms with Gasteiger partial charge < -0.3 is 14.7 Å². The maximum absolute atomic E-state index is 13.5. The van der Waals surface area contributed by atoms with Crippen LogP contribution in [0.2, 0.25) is 0 Å². The number of benzene rings is 1. The van der Waals surface area contributed by atoms with Crippen LogP contribution in [0.5, 0.6) is 0 Å². The zero-order valence-electron chi connectivity index (χ0n) is 19.4. The molecule has 3 aromatic rings. The number of hydrogen-bond acceptors (Lipinski definition) is 7. The van der Waals surface area contributed by atoms with Gasteiger partial charge in [-0.3, -0.25) is 14.3 Å². The monoisotopic (exact) mass is 496 g/mol. The number of nitrogens with zero attached hydrogens (tertiary/aromatic N) is 6. The summed E-state index contributed by atoms with van der Waals surface area (Å²) < 4.78 is 2.81. The molecule has 2 amide bonds. The van der Waals surface area contributed by atoms with E-state index in [2.05, 4.69) is 22.0 Å². The van der Waals surface area contributed by atoms with Gasteiger partial charge in [0.25, 0.3) is 11.8 Å². The summed E-state index contributed by atoms with van der Waals surface area (Å²) in [4.78, 5) is 37.1. The van der Waals surface area contributed by atoms with Crippen molar-refractivity contribution in [2.24, 2.45) is 0 Å². The van der Waals surface area contributed by atoms with Crippen LogP contribution in [0.1, 0.15) is 39.2 Å². The van der Waals surface area contributed by atoms with Crippen molar-refractivity contribution >= 4 is 40.6 Å². The van der Waals surface area contributed by atoms with Crippen LogP contribution in [-0.4, -0.2) is 75.4 Å². The quantitative estimate of drug-likeness (QED) is 0.505. The summed E-state index contributed by atoms with van der Waals surface area (Å²) in [5.74, 6) is -0.120. The molecule has 0 radical (unpaired) electrons. The Bertz CT molecular complexity index is 1180. The van der Waals surface area contributed by atoms with Gasteiger partial charge in [0.1, 0.15) is 10.0 Å². The summed E-state index contributed by atoms with van der Waals surface area (Å²) in [5, 5.41) is 6.52. The van der Waals surface area contributed by atoms with E-state index in [-0.39, 0.29) is 11.8 Å². The Morgan fingerprint density at radius 3 is 2.47 bits per heavy atom. The number of aromatic nitrogens is 3. The number of para-hydroxylation sites is 1. The molecule has 2 aliphatic heterocycles. The molecule has 0 aliphatic carbocycles. The number of piperazine rings is 1. The fraction of sp³-hybridized carbons (Fsp3) is 0.417. The van der Waals surface area contributed by atoms with Crippen LogP contribution < -0.4 is 4.90 Å². The van der Waals surface area contributed by atoms with Crippen molar-refractivity contribution < 1.29 is 9.59 Å². The molecule has 0 N–H and O–H groups in total. The van der Waals surface area contributed by atoms with Gasteiger partial charge in [-0.1, -0.05) is 30.0 Å². The fourth-order valence-corrected chi connectivity index (χ4v) is 5.90. The largest absolute Gasteiger partial charge is 0.368 e. The number of carbonyl (C=O) groups is 2. The van der Waals surface area contributed by atoms with Crippen molar-refractivity contribution in [1.82, 2.24) is 24.6 Å². The van der Waals surface area contributed by atoms with Crippen molar-refractivity contribution in [2.45, 2.75) is 30.8 Å². The lowest BCUT2D eigenvalue weighted by atomic mass is 10.0. The molecule has 0 spiro atoms. The zero-order chi connectivity index (χ0) is 23.7. The predicted molar refractivity (Wildman–Crippen MR) is 135 cm³/mol. The van der Waals surface area contributed by atoms with E-state index in [1.807, 2.05) is 46.3 Å². The van der Waals surface area contributed by atoms with E-state index in [4.69, 9.17) is 5.10 Å². The van der Waals surface area contributed by atoms with Gasteiger partial charge in [-0.05, 0) is 25.3 Å². The predicted octanol–water partition coefficient (Wildman–Crippen LogP) is 3.24. The van der Waals surface area contributed by atoms with Crippen LogP contribution in [0.25, 0.3) is 0 Å². The molecule has 34 heavy (non-hydrogen) atoms. The molecule has 1 saturated heterocycles. The number of rotatable bonds is 5. The van der Waals surface area contributed by atoms with Crippen molar-refractivity contribution in [3.63, 3.8) is 0 Å². The van der Waals surface area contributed by atoms with E-state index in [1.165, 1.54) is 28.8 Å². The molecule has 0 unspecified atom stereocenters. The Balaban J connectivity index is 1.33. The van der Waals surface area contributed by atoms with Gasteiger partial charge in [-0.25, -0.2) is 4.98 Å². The Morgan fingerprint density at radius 2 is 1.79 bits per heavy atom. The van der Waals surface area contributed by atoms with Gasteiger partial charge in [0.05, 0.1) is 6.54 Å². The lowest BCUT2D eigenvalue weighted by Gasteiger charge is -2.36. The fourth-order valence-electron chi connectivity index (χ4n) is 4.67. The second-order valence-electron chi connectivity index (χ2n) is 8.38. The normalized spacial score (nSPS) is 16.0. The zero-order valence-corrected chi connectivity index (χ0v) is 21.1. The number of aryl methyl sites for hydroxylation is 1. The van der Waals surface area contributed by atoms with Crippen molar-refractivity contribution in [2.75, 3.05) is 43.9 Å². The summed E-state index contributed by atoms with van der Waals surface area (Å²) in [7, 11) is 0. The summed E-state index contributed by atoms with van der Waals surface area (Å²) in [6, 6.07) is 10.3. The van der Waals surface area contributed by atoms with E-state index in [9.17, 15) is 9.59 Å². The number of hydrogen-bond donors (Lipinski definition) is 0. The third kappa shape index (κ3) is 4.32. The first-order valence-electron chi connectivity index (χ1n) is 11.6. The Kier molecular flexibility index (Phi) is 6.60. The third-order valence-electron chi connectivity index (χ3n) is 6.49. The molecule has 0 saturated carbocycles. The van der Waals surface area contributed by atoms with E-state index >= 15 is 0 Å². The third-order valence-corrected chi connectivity index (χ3v) is 8.35. The van der Waals surface area contributed by atoms with Gasteiger partial charge in [0.15, 0.2) is 5.69 Å². The number of carbonyl (C=O) groups excluding carboxylic acids is 2. The molecule has 8 nitrogen and oxygen atoms in total. The van der Waals surface area contributed by atoms with Crippen LogP contribution in [-0.2, 0) is 19.5 Å². The van der Waals surface area contributed by atoms with Gasteiger partial charge in [0, 0.05) is 68.0 Å². The first-order chi connectivity index (χ1) is 16.6. The van der Waals surface area contributed by atoms with Crippen molar-refractivity contribution in [3.8, 4) is 0 Å². The minimum Gasteiger partial charge on any atom is -0.368 e. The number of thioether (sulfide) groups is 1. The van der Waals surface area contributed by atoms with E-state index < -0.39 is 0 Å². The van der Waals surface area contributed by atoms with Crippen LogP contribution in [0.15, 0.2) is 40.1 Å². The lowest BCUT2D eigenvalue weighted by molar-refractivity contribution is 0.0706.